The molecule has 2 aromatic carbocycles. The molecule has 0 aliphatic heterocycles. The Labute approximate surface area is 156 Å². The number of hydrogen-bond acceptors (Lipinski definition) is 4. The molecular weight excluding hydrogens is 387 g/mol. The van der Waals surface area contributed by atoms with E-state index in [4.69, 9.17) is 28.3 Å². The van der Waals surface area contributed by atoms with Gasteiger partial charge in [0.2, 0.25) is 0 Å². The summed E-state index contributed by atoms with van der Waals surface area (Å²) in [7, 11) is -2.34. The number of aliphatic hydroxyl groups excluding tert-OH is 1. The second kappa shape index (κ2) is 8.05. The number of aliphatic hydroxyl groups is 1. The quantitative estimate of drug-likeness (QED) is 0.777. The van der Waals surface area contributed by atoms with Gasteiger partial charge >= 0.3 is 0 Å². The van der Waals surface area contributed by atoms with Crippen LogP contribution in [0.2, 0.25) is 10.0 Å². The molecule has 0 unspecified atom stereocenters. The van der Waals surface area contributed by atoms with Gasteiger partial charge in [0.15, 0.2) is 0 Å². The summed E-state index contributed by atoms with van der Waals surface area (Å²) in [5.41, 5.74) is 0.527. The van der Waals surface area contributed by atoms with Crippen LogP contribution in [0.1, 0.15) is 10.4 Å². The Morgan fingerprint density at radius 1 is 1.16 bits per heavy atom. The van der Waals surface area contributed by atoms with Gasteiger partial charge in [0.05, 0.1) is 21.5 Å². The zero-order chi connectivity index (χ0) is 18.6. The maximum atomic E-state index is 12.4. The minimum Gasteiger partial charge on any atom is -0.395 e. The first-order valence-electron chi connectivity index (χ1n) is 7.19. The van der Waals surface area contributed by atoms with E-state index in [0.29, 0.717) is 5.56 Å². The van der Waals surface area contributed by atoms with Crippen LogP contribution in [-0.4, -0.2) is 44.5 Å². The fourth-order valence-corrected chi connectivity index (χ4v) is 3.48. The number of benzene rings is 2. The molecule has 6 nitrogen and oxygen atoms in total. The summed E-state index contributed by atoms with van der Waals surface area (Å²) in [5.74, 6) is -0.329. The molecule has 2 rings (SSSR count). The highest BCUT2D eigenvalue weighted by atomic mass is 35.5. The van der Waals surface area contributed by atoms with Crippen molar-refractivity contribution in [1.82, 2.24) is 4.90 Å². The van der Waals surface area contributed by atoms with E-state index in [0.717, 1.165) is 0 Å². The van der Waals surface area contributed by atoms with Crippen LogP contribution in [0.25, 0.3) is 0 Å². The normalized spacial score (nSPS) is 11.2. The summed E-state index contributed by atoms with van der Waals surface area (Å²) >= 11 is 11.7. The summed E-state index contributed by atoms with van der Waals surface area (Å²) < 4.78 is 27.3. The van der Waals surface area contributed by atoms with Crippen molar-refractivity contribution in [2.45, 2.75) is 4.90 Å². The highest BCUT2D eigenvalue weighted by Gasteiger charge is 2.17. The fraction of sp³-hybridized carbons (Fsp3) is 0.188. The summed E-state index contributed by atoms with van der Waals surface area (Å²) in [5, 5.41) is 9.28. The zero-order valence-electron chi connectivity index (χ0n) is 13.2. The van der Waals surface area contributed by atoms with Gasteiger partial charge < -0.3 is 10.0 Å². The van der Waals surface area contributed by atoms with Crippen LogP contribution < -0.4 is 4.72 Å². The molecule has 0 aliphatic rings. The van der Waals surface area contributed by atoms with E-state index >= 15 is 0 Å². The van der Waals surface area contributed by atoms with Gasteiger partial charge in [0.1, 0.15) is 0 Å². The first-order chi connectivity index (χ1) is 11.7. The van der Waals surface area contributed by atoms with Crippen molar-refractivity contribution in [3.05, 3.63) is 58.1 Å². The minimum absolute atomic E-state index is 0.0453. The van der Waals surface area contributed by atoms with E-state index in [1.54, 1.807) is 19.2 Å². The fourth-order valence-electron chi connectivity index (χ4n) is 2.05. The van der Waals surface area contributed by atoms with E-state index < -0.39 is 10.0 Å². The molecule has 1 amide bonds. The molecule has 0 atom stereocenters. The second-order valence-corrected chi connectivity index (χ2v) is 7.71. The SMILES string of the molecule is CN(CCO)C(=O)c1cccc(NS(=O)(=O)c2ccc(Cl)c(Cl)c2)c1. The average Bonchev–Trinajstić information content (AvgIpc) is 2.56. The van der Waals surface area contributed by atoms with E-state index in [2.05, 4.69) is 4.72 Å². The molecule has 0 fully saturated rings. The molecule has 0 saturated carbocycles. The minimum atomic E-state index is -3.88. The predicted molar refractivity (Wildman–Crippen MR) is 97.8 cm³/mol. The van der Waals surface area contributed by atoms with Crippen molar-refractivity contribution in [1.29, 1.82) is 0 Å². The Morgan fingerprint density at radius 2 is 1.88 bits per heavy atom. The van der Waals surface area contributed by atoms with Crippen molar-refractivity contribution in [3.8, 4) is 0 Å². The zero-order valence-corrected chi connectivity index (χ0v) is 15.6. The van der Waals surface area contributed by atoms with Crippen molar-refractivity contribution in [2.75, 3.05) is 24.9 Å². The molecular formula is C16H16Cl2N2O4S. The Bertz CT molecular complexity index is 887. The molecule has 2 aromatic rings. The lowest BCUT2D eigenvalue weighted by Crippen LogP contribution is -2.29. The van der Waals surface area contributed by atoms with Gasteiger partial charge in [-0.2, -0.15) is 0 Å². The average molecular weight is 403 g/mol. The van der Waals surface area contributed by atoms with Crippen molar-refractivity contribution in [2.24, 2.45) is 0 Å². The summed E-state index contributed by atoms with van der Waals surface area (Å²) in [6.07, 6.45) is 0. The number of nitrogens with zero attached hydrogens (tertiary/aromatic N) is 1. The highest BCUT2D eigenvalue weighted by Crippen LogP contribution is 2.26. The number of halogens is 2. The predicted octanol–water partition coefficient (Wildman–Crippen LogP) is 2.86. The van der Waals surface area contributed by atoms with E-state index in [-0.39, 0.29) is 39.7 Å². The van der Waals surface area contributed by atoms with Crippen LogP contribution in [0.5, 0.6) is 0 Å². The van der Waals surface area contributed by atoms with Gasteiger partial charge in [-0.1, -0.05) is 29.3 Å². The molecule has 0 aliphatic carbocycles. The standard InChI is InChI=1S/C16H16Cl2N2O4S/c1-20(7-8-21)16(22)11-3-2-4-12(9-11)19-25(23,24)13-5-6-14(17)15(18)10-13/h2-6,9-10,19,21H,7-8H2,1H3. The third-order valence-electron chi connectivity index (χ3n) is 3.35. The monoisotopic (exact) mass is 402 g/mol. The molecule has 0 saturated heterocycles. The number of sulfonamides is 1. The molecule has 9 heteroatoms. The van der Waals surface area contributed by atoms with Crippen LogP contribution >= 0.6 is 23.2 Å². The molecule has 0 aromatic heterocycles. The first kappa shape index (κ1) is 19.5. The maximum Gasteiger partial charge on any atom is 0.261 e. The third-order valence-corrected chi connectivity index (χ3v) is 5.46. The lowest BCUT2D eigenvalue weighted by Gasteiger charge is -2.16. The van der Waals surface area contributed by atoms with Crippen LogP contribution in [0.3, 0.4) is 0 Å². The van der Waals surface area contributed by atoms with Crippen molar-refractivity contribution >= 4 is 44.8 Å². The van der Waals surface area contributed by atoms with Crippen molar-refractivity contribution in [3.63, 3.8) is 0 Å². The number of amides is 1. The van der Waals surface area contributed by atoms with Gasteiger partial charge in [-0.05, 0) is 36.4 Å². The number of anilines is 1. The van der Waals surface area contributed by atoms with Crippen LogP contribution in [-0.2, 0) is 10.0 Å². The largest absolute Gasteiger partial charge is 0.395 e. The number of likely N-dealkylation sites (N-methyl/N-ethyl adjacent to an activating group) is 1. The molecule has 2 N–H and O–H groups in total. The lowest BCUT2D eigenvalue weighted by atomic mass is 10.2. The van der Waals surface area contributed by atoms with Crippen LogP contribution in [0.15, 0.2) is 47.4 Å². The van der Waals surface area contributed by atoms with Gasteiger partial charge in [0, 0.05) is 24.8 Å². The Hall–Kier alpha value is -1.80. The third kappa shape index (κ3) is 4.85. The molecule has 134 valence electrons. The molecule has 0 heterocycles. The van der Waals surface area contributed by atoms with Crippen molar-refractivity contribution < 1.29 is 18.3 Å². The maximum absolute atomic E-state index is 12.4. The Kier molecular flexibility index (Phi) is 6.29. The summed E-state index contributed by atoms with van der Waals surface area (Å²) in [6, 6.07) is 10.0. The Balaban J connectivity index is 2.26. The topological polar surface area (TPSA) is 86.7 Å². The molecule has 0 bridgehead atoms. The van der Waals surface area contributed by atoms with E-state index in [1.165, 1.54) is 35.2 Å². The van der Waals surface area contributed by atoms with E-state index in [9.17, 15) is 13.2 Å². The summed E-state index contributed by atoms with van der Waals surface area (Å²) in [6.45, 7) is 0.0178. The van der Waals surface area contributed by atoms with E-state index in [1.807, 2.05) is 0 Å². The lowest BCUT2D eigenvalue weighted by molar-refractivity contribution is 0.0767. The molecule has 0 spiro atoms. The number of carbonyl (C=O) groups is 1. The van der Waals surface area contributed by atoms with Crippen LogP contribution in [0.4, 0.5) is 5.69 Å². The number of rotatable bonds is 6. The molecule has 0 radical (unpaired) electrons. The number of carbonyl (C=O) groups excluding carboxylic acids is 1. The highest BCUT2D eigenvalue weighted by molar-refractivity contribution is 7.92. The number of nitrogens with one attached hydrogen (secondary N) is 1. The van der Waals surface area contributed by atoms with Gasteiger partial charge in [0.25, 0.3) is 15.9 Å². The first-order valence-corrected chi connectivity index (χ1v) is 9.43. The smallest absolute Gasteiger partial charge is 0.261 e. The summed E-state index contributed by atoms with van der Waals surface area (Å²) in [4.78, 5) is 13.5. The van der Waals surface area contributed by atoms with Gasteiger partial charge in [-0.25, -0.2) is 8.42 Å². The van der Waals surface area contributed by atoms with Gasteiger partial charge in [-0.3, -0.25) is 9.52 Å². The second-order valence-electron chi connectivity index (χ2n) is 5.21. The number of hydrogen-bond donors (Lipinski definition) is 2. The Morgan fingerprint density at radius 3 is 2.52 bits per heavy atom. The molecule has 25 heavy (non-hydrogen) atoms. The van der Waals surface area contributed by atoms with Gasteiger partial charge in [-0.15, -0.1) is 0 Å². The van der Waals surface area contributed by atoms with Crippen LogP contribution in [0, 0.1) is 0 Å².